The van der Waals surface area contributed by atoms with Crippen molar-refractivity contribution in [3.8, 4) is 0 Å². The summed E-state index contributed by atoms with van der Waals surface area (Å²) in [6.45, 7) is 10.4. The van der Waals surface area contributed by atoms with Crippen molar-refractivity contribution in [2.24, 2.45) is 17.8 Å². The van der Waals surface area contributed by atoms with E-state index < -0.39 is 0 Å². The van der Waals surface area contributed by atoms with Crippen LogP contribution in [0.25, 0.3) is 0 Å². The molecule has 0 radical (unpaired) electrons. The lowest BCUT2D eigenvalue weighted by atomic mass is 9.90. The van der Waals surface area contributed by atoms with Crippen molar-refractivity contribution in [1.29, 1.82) is 0 Å². The highest BCUT2D eigenvalue weighted by molar-refractivity contribution is 5.73. The van der Waals surface area contributed by atoms with Crippen molar-refractivity contribution in [1.82, 2.24) is 4.90 Å². The number of rotatable bonds is 9. The summed E-state index contributed by atoms with van der Waals surface area (Å²) in [5.41, 5.74) is 0. The second-order valence-corrected chi connectivity index (χ2v) is 14.0. The fraction of sp³-hybridized carbons (Fsp3) is 0.941. The van der Waals surface area contributed by atoms with Gasteiger partial charge in [-0.15, -0.1) is 0 Å². The monoisotopic (exact) mass is 593 g/mol. The van der Waals surface area contributed by atoms with Crippen LogP contribution >= 0.6 is 0 Å². The van der Waals surface area contributed by atoms with Crippen LogP contribution in [0.15, 0.2) is 0 Å². The van der Waals surface area contributed by atoms with E-state index in [0.717, 1.165) is 64.2 Å². The smallest absolute Gasteiger partial charge is 0.311 e. The van der Waals surface area contributed by atoms with E-state index in [1.807, 2.05) is 13.8 Å². The number of esters is 2. The molecule has 4 rings (SSSR count). The summed E-state index contributed by atoms with van der Waals surface area (Å²) in [7, 11) is 4.31. The van der Waals surface area contributed by atoms with Gasteiger partial charge in [0.25, 0.3) is 0 Å². The van der Waals surface area contributed by atoms with Gasteiger partial charge in [-0.1, -0.05) is 33.6 Å². The Hall–Kier alpha value is -1.22. The van der Waals surface area contributed by atoms with Crippen molar-refractivity contribution in [3.63, 3.8) is 0 Å². The number of cyclic esters (lactones) is 2. The molecule has 0 aliphatic carbocycles. The van der Waals surface area contributed by atoms with Gasteiger partial charge in [0.1, 0.15) is 12.2 Å². The molecule has 242 valence electrons. The summed E-state index contributed by atoms with van der Waals surface area (Å²) in [5, 5.41) is 0. The van der Waals surface area contributed by atoms with Crippen LogP contribution in [0.4, 0.5) is 0 Å². The summed E-state index contributed by atoms with van der Waals surface area (Å²) in [6.07, 6.45) is 11.1. The van der Waals surface area contributed by atoms with E-state index in [2.05, 4.69) is 39.8 Å². The standard InChI is InChI=1S/C34H59NO7/c1-8-10-24(35(6)7)18-26-12-15-29(38-26)21(3)32-20-28-14-17-30(40-28)22(4)33(36)41-25(11-9-2)19-27-13-16-31(39-27)23(5)34(37)42-32/h21-32H,8-20H2,1-7H3/t21-,22-,23+,24-,25+,26+,27+,28+,29-,30-,31-,32+/m1/s1. The number of ether oxygens (including phenoxy) is 5. The Kier molecular flexibility index (Phi) is 12.6. The molecule has 42 heavy (non-hydrogen) atoms. The van der Waals surface area contributed by atoms with Gasteiger partial charge in [-0.3, -0.25) is 9.59 Å². The van der Waals surface area contributed by atoms with Crippen LogP contribution in [0.3, 0.4) is 0 Å². The highest BCUT2D eigenvalue weighted by Gasteiger charge is 2.43. The van der Waals surface area contributed by atoms with Gasteiger partial charge in [-0.2, -0.15) is 0 Å². The van der Waals surface area contributed by atoms with Crippen LogP contribution in [-0.4, -0.2) is 85.8 Å². The number of carbonyl (C=O) groups is 2. The van der Waals surface area contributed by atoms with Gasteiger partial charge in [0.2, 0.25) is 0 Å². The lowest BCUT2D eigenvalue weighted by molar-refractivity contribution is -0.169. The molecule has 0 spiro atoms. The molecular formula is C34H59NO7. The minimum absolute atomic E-state index is 0.0119. The summed E-state index contributed by atoms with van der Waals surface area (Å²) in [5.74, 6) is -0.992. The fourth-order valence-corrected chi connectivity index (χ4v) is 7.61. The Labute approximate surface area is 254 Å². The summed E-state index contributed by atoms with van der Waals surface area (Å²) in [6, 6.07) is 0.514. The zero-order valence-corrected chi connectivity index (χ0v) is 27.4. The third kappa shape index (κ3) is 8.70. The van der Waals surface area contributed by atoms with Gasteiger partial charge in [0, 0.05) is 24.8 Å². The van der Waals surface area contributed by atoms with Gasteiger partial charge in [-0.25, -0.2) is 0 Å². The zero-order valence-electron chi connectivity index (χ0n) is 27.4. The van der Waals surface area contributed by atoms with Gasteiger partial charge in [-0.05, 0) is 85.7 Å². The summed E-state index contributed by atoms with van der Waals surface area (Å²) < 4.78 is 31.9. The maximum absolute atomic E-state index is 13.6. The molecule has 0 amide bonds. The lowest BCUT2D eigenvalue weighted by Crippen LogP contribution is -2.40. The Morgan fingerprint density at radius 3 is 1.95 bits per heavy atom. The number of fused-ring (bicyclic) bond motifs is 4. The molecule has 0 unspecified atom stereocenters. The van der Waals surface area contributed by atoms with Crippen molar-refractivity contribution in [3.05, 3.63) is 0 Å². The highest BCUT2D eigenvalue weighted by atomic mass is 16.6. The third-order valence-electron chi connectivity index (χ3n) is 10.5. The van der Waals surface area contributed by atoms with Crippen LogP contribution < -0.4 is 0 Å². The molecule has 12 atom stereocenters. The normalized spacial score (nSPS) is 39.7. The van der Waals surface area contributed by atoms with Crippen molar-refractivity contribution < 1.29 is 33.3 Å². The van der Waals surface area contributed by atoms with Gasteiger partial charge in [0.05, 0.1) is 48.5 Å². The molecule has 0 aromatic rings. The van der Waals surface area contributed by atoms with Crippen LogP contribution in [0, 0.1) is 17.8 Å². The first-order valence-corrected chi connectivity index (χ1v) is 17.1. The van der Waals surface area contributed by atoms with Crippen LogP contribution in [0.1, 0.15) is 118 Å². The molecule has 4 saturated heterocycles. The van der Waals surface area contributed by atoms with E-state index >= 15 is 0 Å². The molecule has 4 aliphatic heterocycles. The Balaban J connectivity index is 1.47. The van der Waals surface area contributed by atoms with Crippen LogP contribution in [0.2, 0.25) is 0 Å². The molecule has 4 heterocycles. The van der Waals surface area contributed by atoms with Gasteiger partial charge in [0.15, 0.2) is 0 Å². The van der Waals surface area contributed by atoms with Crippen molar-refractivity contribution in [2.75, 3.05) is 14.1 Å². The summed E-state index contributed by atoms with van der Waals surface area (Å²) in [4.78, 5) is 29.1. The molecule has 8 heteroatoms. The van der Waals surface area contributed by atoms with E-state index in [4.69, 9.17) is 23.7 Å². The molecule has 4 aliphatic rings. The average Bonchev–Trinajstić information content (AvgIpc) is 3.72. The Morgan fingerprint density at radius 2 is 1.36 bits per heavy atom. The number of nitrogens with zero attached hydrogens (tertiary/aromatic N) is 1. The second kappa shape index (κ2) is 15.7. The number of hydrogen-bond acceptors (Lipinski definition) is 8. The quantitative estimate of drug-likeness (QED) is 0.298. The number of hydrogen-bond donors (Lipinski definition) is 0. The summed E-state index contributed by atoms with van der Waals surface area (Å²) >= 11 is 0. The second-order valence-electron chi connectivity index (χ2n) is 14.0. The predicted octanol–water partition coefficient (Wildman–Crippen LogP) is 6.08. The molecule has 0 saturated carbocycles. The number of carbonyl (C=O) groups excluding carboxylic acids is 2. The average molecular weight is 594 g/mol. The van der Waals surface area contributed by atoms with E-state index in [1.54, 1.807) is 0 Å². The van der Waals surface area contributed by atoms with Crippen LogP contribution in [-0.2, 0) is 33.3 Å². The fourth-order valence-electron chi connectivity index (χ4n) is 7.61. The topological polar surface area (TPSA) is 83.5 Å². The van der Waals surface area contributed by atoms with E-state index in [9.17, 15) is 9.59 Å². The molecule has 4 bridgehead atoms. The largest absolute Gasteiger partial charge is 0.462 e. The minimum atomic E-state index is -0.353. The van der Waals surface area contributed by atoms with Crippen molar-refractivity contribution in [2.45, 2.75) is 173 Å². The highest BCUT2D eigenvalue weighted by Crippen LogP contribution is 2.37. The molecule has 0 N–H and O–H groups in total. The first kappa shape index (κ1) is 33.7. The predicted molar refractivity (Wildman–Crippen MR) is 162 cm³/mol. The Bertz CT molecular complexity index is 867. The van der Waals surface area contributed by atoms with Crippen molar-refractivity contribution >= 4 is 11.9 Å². The van der Waals surface area contributed by atoms with E-state index in [-0.39, 0.29) is 78.5 Å². The molecule has 8 nitrogen and oxygen atoms in total. The molecule has 4 fully saturated rings. The van der Waals surface area contributed by atoms with E-state index in [0.29, 0.717) is 18.9 Å². The van der Waals surface area contributed by atoms with Crippen LogP contribution in [0.5, 0.6) is 0 Å². The Morgan fingerprint density at radius 1 is 0.738 bits per heavy atom. The van der Waals surface area contributed by atoms with Gasteiger partial charge >= 0.3 is 11.9 Å². The zero-order chi connectivity index (χ0) is 30.4. The molecular weight excluding hydrogens is 534 g/mol. The van der Waals surface area contributed by atoms with Gasteiger partial charge < -0.3 is 28.6 Å². The van der Waals surface area contributed by atoms with E-state index in [1.165, 1.54) is 6.42 Å². The SMILES string of the molecule is CCC[C@H]1C[C@@H]2CC[C@@H](O2)[C@H](C)C(=O)O[C@H]([C@H](C)[C@H]2CC[C@@H](C[C@@H](CCC)N(C)C)O2)C[C@@H]2CC[C@@H](O2)[C@@H](C)C(=O)O1. The first-order chi connectivity index (χ1) is 20.1. The minimum Gasteiger partial charge on any atom is -0.462 e. The first-order valence-electron chi connectivity index (χ1n) is 17.1. The maximum Gasteiger partial charge on any atom is 0.311 e. The maximum atomic E-state index is 13.6. The molecule has 0 aromatic carbocycles. The molecule has 0 aromatic heterocycles. The lowest BCUT2D eigenvalue weighted by Gasteiger charge is -2.33. The third-order valence-corrected chi connectivity index (χ3v) is 10.5.